The summed E-state index contributed by atoms with van der Waals surface area (Å²) in [6.45, 7) is 6.46. The Bertz CT molecular complexity index is 350. The van der Waals surface area contributed by atoms with Crippen LogP contribution < -0.4 is 15.5 Å². The summed E-state index contributed by atoms with van der Waals surface area (Å²) in [6, 6.07) is 0. The van der Waals surface area contributed by atoms with Crippen LogP contribution in [0.15, 0.2) is 10.4 Å². The van der Waals surface area contributed by atoms with Crippen molar-refractivity contribution in [1.29, 1.82) is 0 Å². The highest BCUT2D eigenvalue weighted by Crippen LogP contribution is 2.18. The number of hydrogen-bond donors (Lipinski definition) is 2. The van der Waals surface area contributed by atoms with E-state index in [0.29, 0.717) is 6.54 Å². The first-order valence-electron chi connectivity index (χ1n) is 5.81. The lowest BCUT2D eigenvalue weighted by Gasteiger charge is -2.08. The topological polar surface area (TPSA) is 52.6 Å². The highest BCUT2D eigenvalue weighted by Gasteiger charge is 2.03. The van der Waals surface area contributed by atoms with Gasteiger partial charge in [0.15, 0.2) is 11.1 Å². The van der Waals surface area contributed by atoms with Crippen molar-refractivity contribution in [3.63, 3.8) is 0 Å². The SMILES string of the molecule is CCNC(=NCc1csc(N(C)C)n1)NCC. The second-order valence-corrected chi connectivity index (χ2v) is 4.58. The third-order valence-electron chi connectivity index (χ3n) is 2.01. The van der Waals surface area contributed by atoms with E-state index in [1.165, 1.54) is 0 Å². The molecule has 0 aliphatic heterocycles. The standard InChI is InChI=1S/C11H21N5S/c1-5-12-10(13-6-2)14-7-9-8-17-11(15-9)16(3)4/h8H,5-7H2,1-4H3,(H2,12,13,14). The molecule has 0 radical (unpaired) electrons. The Morgan fingerprint density at radius 3 is 2.47 bits per heavy atom. The Balaban J connectivity index is 2.59. The van der Waals surface area contributed by atoms with Crippen LogP contribution in [-0.4, -0.2) is 38.1 Å². The first-order chi connectivity index (χ1) is 8.17. The van der Waals surface area contributed by atoms with Crippen LogP contribution in [0.25, 0.3) is 0 Å². The largest absolute Gasteiger partial charge is 0.357 e. The van der Waals surface area contributed by atoms with Crippen LogP contribution in [0.4, 0.5) is 5.13 Å². The minimum Gasteiger partial charge on any atom is -0.357 e. The van der Waals surface area contributed by atoms with Gasteiger partial charge in [0.2, 0.25) is 0 Å². The summed E-state index contributed by atoms with van der Waals surface area (Å²) in [5.41, 5.74) is 1.01. The monoisotopic (exact) mass is 255 g/mol. The van der Waals surface area contributed by atoms with Gasteiger partial charge in [0.1, 0.15) is 0 Å². The fraction of sp³-hybridized carbons (Fsp3) is 0.636. The molecule has 17 heavy (non-hydrogen) atoms. The number of hydrogen-bond acceptors (Lipinski definition) is 4. The van der Waals surface area contributed by atoms with E-state index in [2.05, 4.69) is 34.5 Å². The van der Waals surface area contributed by atoms with E-state index in [0.717, 1.165) is 29.9 Å². The van der Waals surface area contributed by atoms with Gasteiger partial charge < -0.3 is 15.5 Å². The number of nitrogens with zero attached hydrogens (tertiary/aromatic N) is 3. The Hall–Kier alpha value is -1.30. The number of anilines is 1. The van der Waals surface area contributed by atoms with Crippen LogP contribution in [0.1, 0.15) is 19.5 Å². The van der Waals surface area contributed by atoms with Gasteiger partial charge in [-0.3, -0.25) is 0 Å². The Morgan fingerprint density at radius 1 is 1.35 bits per heavy atom. The van der Waals surface area contributed by atoms with Crippen LogP contribution in [0.3, 0.4) is 0 Å². The molecule has 0 amide bonds. The normalized spacial score (nSPS) is 9.88. The van der Waals surface area contributed by atoms with Crippen molar-refractivity contribution < 1.29 is 0 Å². The summed E-state index contributed by atoms with van der Waals surface area (Å²) >= 11 is 1.64. The molecule has 0 aliphatic carbocycles. The molecule has 0 aromatic carbocycles. The molecule has 6 heteroatoms. The zero-order chi connectivity index (χ0) is 12.7. The number of guanidine groups is 1. The molecule has 1 rings (SSSR count). The van der Waals surface area contributed by atoms with Crippen molar-refractivity contribution >= 4 is 22.4 Å². The van der Waals surface area contributed by atoms with Gasteiger partial charge in [-0.05, 0) is 13.8 Å². The quantitative estimate of drug-likeness (QED) is 0.615. The van der Waals surface area contributed by atoms with Crippen LogP contribution in [0.2, 0.25) is 0 Å². The van der Waals surface area contributed by atoms with E-state index >= 15 is 0 Å². The first-order valence-corrected chi connectivity index (χ1v) is 6.69. The molecule has 0 bridgehead atoms. The number of aromatic nitrogens is 1. The molecule has 0 spiro atoms. The smallest absolute Gasteiger partial charge is 0.191 e. The maximum atomic E-state index is 4.48. The van der Waals surface area contributed by atoms with Crippen molar-refractivity contribution in [2.75, 3.05) is 32.1 Å². The zero-order valence-electron chi connectivity index (χ0n) is 10.9. The van der Waals surface area contributed by atoms with Crippen LogP contribution >= 0.6 is 11.3 Å². The third-order valence-corrected chi connectivity index (χ3v) is 3.07. The second-order valence-electron chi connectivity index (χ2n) is 3.74. The summed E-state index contributed by atoms with van der Waals surface area (Å²) in [5, 5.41) is 9.44. The molecule has 0 aliphatic rings. The summed E-state index contributed by atoms with van der Waals surface area (Å²) < 4.78 is 0. The van der Waals surface area contributed by atoms with Gasteiger partial charge in [0, 0.05) is 32.6 Å². The fourth-order valence-electron chi connectivity index (χ4n) is 1.24. The second kappa shape index (κ2) is 7.11. The van der Waals surface area contributed by atoms with Crippen molar-refractivity contribution in [2.24, 2.45) is 4.99 Å². The molecular formula is C11H21N5S. The van der Waals surface area contributed by atoms with E-state index in [-0.39, 0.29) is 0 Å². The average Bonchev–Trinajstić information content (AvgIpc) is 2.75. The van der Waals surface area contributed by atoms with Gasteiger partial charge in [-0.2, -0.15) is 0 Å². The van der Waals surface area contributed by atoms with Gasteiger partial charge in [0.25, 0.3) is 0 Å². The molecular weight excluding hydrogens is 234 g/mol. The number of nitrogens with one attached hydrogen (secondary N) is 2. The predicted molar refractivity (Wildman–Crippen MR) is 74.9 cm³/mol. The molecule has 2 N–H and O–H groups in total. The zero-order valence-corrected chi connectivity index (χ0v) is 11.8. The van der Waals surface area contributed by atoms with Crippen molar-refractivity contribution in [3.8, 4) is 0 Å². The minimum atomic E-state index is 0.611. The van der Waals surface area contributed by atoms with Crippen LogP contribution in [0, 0.1) is 0 Å². The Kier molecular flexibility index (Phi) is 5.76. The van der Waals surface area contributed by atoms with Crippen molar-refractivity contribution in [3.05, 3.63) is 11.1 Å². The Morgan fingerprint density at radius 2 is 2.00 bits per heavy atom. The minimum absolute atomic E-state index is 0.611. The van der Waals surface area contributed by atoms with E-state index in [1.807, 2.05) is 24.4 Å². The third kappa shape index (κ3) is 4.60. The van der Waals surface area contributed by atoms with Crippen molar-refractivity contribution in [1.82, 2.24) is 15.6 Å². The van der Waals surface area contributed by atoms with Gasteiger partial charge in [-0.1, -0.05) is 0 Å². The van der Waals surface area contributed by atoms with Crippen LogP contribution in [-0.2, 0) is 6.54 Å². The maximum Gasteiger partial charge on any atom is 0.191 e. The molecule has 1 aromatic rings. The van der Waals surface area contributed by atoms with E-state index in [1.54, 1.807) is 11.3 Å². The number of thiazole rings is 1. The summed E-state index contributed by atoms with van der Waals surface area (Å²) in [6.07, 6.45) is 0. The van der Waals surface area contributed by atoms with E-state index < -0.39 is 0 Å². The molecule has 96 valence electrons. The number of aliphatic imine (C=N–C) groups is 1. The average molecular weight is 255 g/mol. The molecule has 1 aromatic heterocycles. The highest BCUT2D eigenvalue weighted by molar-refractivity contribution is 7.13. The lowest BCUT2D eigenvalue weighted by atomic mass is 10.5. The van der Waals surface area contributed by atoms with E-state index in [9.17, 15) is 0 Å². The van der Waals surface area contributed by atoms with Gasteiger partial charge in [-0.25, -0.2) is 9.98 Å². The summed E-state index contributed by atoms with van der Waals surface area (Å²) in [4.78, 5) is 11.0. The molecule has 5 nitrogen and oxygen atoms in total. The van der Waals surface area contributed by atoms with Crippen molar-refractivity contribution in [2.45, 2.75) is 20.4 Å². The van der Waals surface area contributed by atoms with Gasteiger partial charge in [-0.15, -0.1) is 11.3 Å². The molecule has 0 atom stereocenters. The van der Waals surface area contributed by atoms with Gasteiger partial charge >= 0.3 is 0 Å². The molecule has 0 fully saturated rings. The maximum absolute atomic E-state index is 4.48. The first kappa shape index (κ1) is 13.8. The number of rotatable bonds is 5. The lowest BCUT2D eigenvalue weighted by molar-refractivity contribution is 0.835. The summed E-state index contributed by atoms with van der Waals surface area (Å²) in [7, 11) is 3.99. The predicted octanol–water partition coefficient (Wildman–Crippen LogP) is 1.28. The fourth-order valence-corrected chi connectivity index (χ4v) is 1.99. The van der Waals surface area contributed by atoms with Crippen LogP contribution in [0.5, 0.6) is 0 Å². The molecule has 0 saturated carbocycles. The highest BCUT2D eigenvalue weighted by atomic mass is 32.1. The lowest BCUT2D eigenvalue weighted by Crippen LogP contribution is -2.36. The summed E-state index contributed by atoms with van der Waals surface area (Å²) in [5.74, 6) is 0.842. The molecule has 0 saturated heterocycles. The van der Waals surface area contributed by atoms with Gasteiger partial charge in [0.05, 0.1) is 12.2 Å². The molecule has 1 heterocycles. The molecule has 0 unspecified atom stereocenters. The van der Waals surface area contributed by atoms with E-state index in [4.69, 9.17) is 0 Å². The Labute approximate surface area is 107 Å².